The summed E-state index contributed by atoms with van der Waals surface area (Å²) >= 11 is 0. The van der Waals surface area contributed by atoms with E-state index in [0.717, 1.165) is 24.2 Å². The molecule has 2 aromatic heterocycles. The Bertz CT molecular complexity index is 1590. The summed E-state index contributed by atoms with van der Waals surface area (Å²) in [5.74, 6) is 0.0180. The number of sulfone groups is 1. The van der Waals surface area contributed by atoms with Crippen molar-refractivity contribution >= 4 is 38.9 Å². The number of phenolic OH excluding ortho intramolecular Hbond substituents is 1. The van der Waals surface area contributed by atoms with E-state index in [0.29, 0.717) is 46.6 Å². The second kappa shape index (κ2) is 10.2. The van der Waals surface area contributed by atoms with E-state index in [4.69, 9.17) is 4.98 Å². The van der Waals surface area contributed by atoms with Gasteiger partial charge in [0.1, 0.15) is 5.75 Å². The number of carbonyl (C=O) groups is 1. The Morgan fingerprint density at radius 2 is 1.84 bits per heavy atom. The van der Waals surface area contributed by atoms with Crippen molar-refractivity contribution in [3.63, 3.8) is 0 Å². The van der Waals surface area contributed by atoms with Crippen LogP contribution in [-0.4, -0.2) is 71.9 Å². The van der Waals surface area contributed by atoms with Crippen molar-refractivity contribution in [2.75, 3.05) is 32.4 Å². The Hall–Kier alpha value is -4.02. The lowest BCUT2D eigenvalue weighted by molar-refractivity contribution is 0.0737. The van der Waals surface area contributed by atoms with Crippen molar-refractivity contribution in [3.05, 3.63) is 77.0 Å². The number of carbonyl (C=O) groups excluding carboxylic acids is 1. The topological polar surface area (TPSA) is 128 Å². The molecule has 5 rings (SSSR count). The molecule has 0 atom stereocenters. The van der Waals surface area contributed by atoms with Gasteiger partial charge in [0.05, 0.1) is 28.1 Å². The molecule has 2 aromatic carbocycles. The zero-order chi connectivity index (χ0) is 26.0. The summed E-state index contributed by atoms with van der Waals surface area (Å²) in [6, 6.07) is 15.7. The molecule has 1 aliphatic rings. The van der Waals surface area contributed by atoms with Gasteiger partial charge in [-0.05, 0) is 47.5 Å². The number of aromatic hydroxyl groups is 1. The molecule has 1 fully saturated rings. The molecule has 4 aromatic rings. The maximum Gasteiger partial charge on any atom is 0.254 e. The van der Waals surface area contributed by atoms with Crippen molar-refractivity contribution in [3.8, 4) is 17.0 Å². The maximum absolute atomic E-state index is 13.7. The number of hydrogen-bond acceptors (Lipinski definition) is 7. The van der Waals surface area contributed by atoms with Crippen molar-refractivity contribution in [1.29, 1.82) is 0 Å². The van der Waals surface area contributed by atoms with E-state index in [1.54, 1.807) is 42.5 Å². The molecule has 37 heavy (non-hydrogen) atoms. The summed E-state index contributed by atoms with van der Waals surface area (Å²) in [7, 11) is -3.15. The van der Waals surface area contributed by atoms with Crippen molar-refractivity contribution in [1.82, 2.24) is 25.4 Å². The number of piperazine rings is 1. The molecule has 0 spiro atoms. The molecule has 0 saturated carbocycles. The minimum Gasteiger partial charge on any atom is -0.508 e. The van der Waals surface area contributed by atoms with Crippen LogP contribution in [0.1, 0.15) is 27.2 Å². The number of nitrogens with one attached hydrogen (secondary N) is 2. The van der Waals surface area contributed by atoms with E-state index >= 15 is 0 Å². The van der Waals surface area contributed by atoms with Gasteiger partial charge in [-0.3, -0.25) is 9.89 Å². The number of hydrogen-bond donors (Lipinski definition) is 3. The summed E-state index contributed by atoms with van der Waals surface area (Å²) < 4.78 is 23.4. The normalized spacial score (nSPS) is 14.5. The van der Waals surface area contributed by atoms with Crippen LogP contribution in [0.5, 0.6) is 5.75 Å². The zero-order valence-electron chi connectivity index (χ0n) is 20.3. The number of aromatic nitrogens is 3. The molecule has 1 saturated heterocycles. The number of fused-ring (bicyclic) bond motifs is 1. The minimum absolute atomic E-state index is 0.0344. The highest BCUT2D eigenvalue weighted by molar-refractivity contribution is 7.89. The molecule has 1 aliphatic heterocycles. The lowest BCUT2D eigenvalue weighted by atomic mass is 10.0. The fraction of sp³-hybridized carbons (Fsp3) is 0.222. The smallest absolute Gasteiger partial charge is 0.254 e. The van der Waals surface area contributed by atoms with Gasteiger partial charge in [-0.2, -0.15) is 5.10 Å². The van der Waals surface area contributed by atoms with Crippen LogP contribution in [0.4, 0.5) is 0 Å². The Balaban J connectivity index is 1.57. The van der Waals surface area contributed by atoms with Crippen molar-refractivity contribution in [2.24, 2.45) is 0 Å². The van der Waals surface area contributed by atoms with Crippen molar-refractivity contribution in [2.45, 2.75) is 5.75 Å². The monoisotopic (exact) mass is 517 g/mol. The second-order valence-corrected chi connectivity index (χ2v) is 11.3. The second-order valence-electron chi connectivity index (χ2n) is 9.13. The SMILES string of the molecule is CS(=O)(=O)Cc1cccc(/C=C/c2n[nH]c3nc(-c4ccc(O)cc4)cc(C(=O)N4CCNCC4)c23)c1. The quantitative estimate of drug-likeness (QED) is 0.359. The first-order valence-electron chi connectivity index (χ1n) is 11.9. The van der Waals surface area contributed by atoms with Crippen LogP contribution in [0.25, 0.3) is 34.4 Å². The predicted octanol–water partition coefficient (Wildman–Crippen LogP) is 3.09. The molecular formula is C27H27N5O4S. The summed E-state index contributed by atoms with van der Waals surface area (Å²) in [6.45, 7) is 2.67. The van der Waals surface area contributed by atoms with Gasteiger partial charge in [-0.25, -0.2) is 13.4 Å². The van der Waals surface area contributed by atoms with E-state index in [2.05, 4.69) is 15.5 Å². The number of nitrogens with zero attached hydrogens (tertiary/aromatic N) is 3. The number of phenols is 1. The number of aromatic amines is 1. The summed E-state index contributed by atoms with van der Waals surface area (Å²) in [6.07, 6.45) is 4.85. The highest BCUT2D eigenvalue weighted by atomic mass is 32.2. The van der Waals surface area contributed by atoms with Gasteiger partial charge in [0.25, 0.3) is 5.91 Å². The Morgan fingerprint density at radius 3 is 2.57 bits per heavy atom. The lowest BCUT2D eigenvalue weighted by Crippen LogP contribution is -2.46. The fourth-order valence-corrected chi connectivity index (χ4v) is 5.21. The molecule has 3 heterocycles. The van der Waals surface area contributed by atoms with Crippen LogP contribution in [0.15, 0.2) is 54.6 Å². The van der Waals surface area contributed by atoms with Crippen LogP contribution < -0.4 is 5.32 Å². The van der Waals surface area contributed by atoms with Gasteiger partial charge in [-0.15, -0.1) is 0 Å². The first-order valence-corrected chi connectivity index (χ1v) is 14.0. The highest BCUT2D eigenvalue weighted by Crippen LogP contribution is 2.29. The van der Waals surface area contributed by atoms with Gasteiger partial charge in [0.2, 0.25) is 0 Å². The van der Waals surface area contributed by atoms with E-state index in [-0.39, 0.29) is 17.4 Å². The average Bonchev–Trinajstić information content (AvgIpc) is 3.30. The highest BCUT2D eigenvalue weighted by Gasteiger charge is 2.24. The third-order valence-corrected chi connectivity index (χ3v) is 7.03. The summed E-state index contributed by atoms with van der Waals surface area (Å²) in [5, 5.41) is 21.0. The average molecular weight is 518 g/mol. The summed E-state index contributed by atoms with van der Waals surface area (Å²) in [5.41, 5.74) is 4.42. The molecule has 9 nitrogen and oxygen atoms in total. The molecule has 0 aliphatic carbocycles. The molecular weight excluding hydrogens is 490 g/mol. The minimum atomic E-state index is -3.15. The van der Waals surface area contributed by atoms with Gasteiger partial charge in [0, 0.05) is 38.0 Å². The molecule has 190 valence electrons. The largest absolute Gasteiger partial charge is 0.508 e. The first kappa shape index (κ1) is 24.7. The molecule has 0 bridgehead atoms. The van der Waals surface area contributed by atoms with Gasteiger partial charge >= 0.3 is 0 Å². The lowest BCUT2D eigenvalue weighted by Gasteiger charge is -2.27. The zero-order valence-corrected chi connectivity index (χ0v) is 21.1. The number of benzene rings is 2. The Labute approximate surface area is 214 Å². The van der Waals surface area contributed by atoms with Crippen molar-refractivity contribution < 1.29 is 18.3 Å². The first-order chi connectivity index (χ1) is 17.8. The van der Waals surface area contributed by atoms with Gasteiger partial charge in [-0.1, -0.05) is 30.3 Å². The third kappa shape index (κ3) is 5.71. The van der Waals surface area contributed by atoms with Crippen LogP contribution in [0.2, 0.25) is 0 Å². The maximum atomic E-state index is 13.7. The van der Waals surface area contributed by atoms with Crippen LogP contribution in [0.3, 0.4) is 0 Å². The van der Waals surface area contributed by atoms with Crippen LogP contribution in [-0.2, 0) is 15.6 Å². The van der Waals surface area contributed by atoms with E-state index in [1.165, 1.54) is 6.26 Å². The Kier molecular flexibility index (Phi) is 6.77. The number of H-pyrrole nitrogens is 1. The van der Waals surface area contributed by atoms with Gasteiger partial charge in [0.15, 0.2) is 15.5 Å². The molecule has 10 heteroatoms. The predicted molar refractivity (Wildman–Crippen MR) is 144 cm³/mol. The molecule has 0 radical (unpaired) electrons. The van der Waals surface area contributed by atoms with E-state index < -0.39 is 9.84 Å². The third-order valence-electron chi connectivity index (χ3n) is 6.17. The molecule has 1 amide bonds. The number of amides is 1. The standard InChI is InChI=1S/C27H27N5O4S/c1-37(35,36)17-19-4-2-3-18(15-19)5-10-23-25-22(27(34)32-13-11-28-12-14-32)16-24(29-26(25)31-30-23)20-6-8-21(33)9-7-20/h2-10,15-16,28,33H,11-14,17H2,1H3,(H,29,30,31)/b10-5+. The molecule has 0 unspecified atom stereocenters. The van der Waals surface area contributed by atoms with Crippen LogP contribution in [0, 0.1) is 0 Å². The number of pyridine rings is 1. The molecule has 3 N–H and O–H groups in total. The van der Waals surface area contributed by atoms with Crippen LogP contribution >= 0.6 is 0 Å². The van der Waals surface area contributed by atoms with E-state index in [1.807, 2.05) is 29.2 Å². The van der Waals surface area contributed by atoms with Gasteiger partial charge < -0.3 is 15.3 Å². The Morgan fingerprint density at radius 1 is 1.08 bits per heavy atom. The van der Waals surface area contributed by atoms with E-state index in [9.17, 15) is 18.3 Å². The summed E-state index contributed by atoms with van der Waals surface area (Å²) in [4.78, 5) is 20.2. The number of rotatable bonds is 6. The fourth-order valence-electron chi connectivity index (χ4n) is 4.43.